The predicted molar refractivity (Wildman–Crippen MR) is 73.0 cm³/mol. The number of methoxy groups -OCH3 is 1. The van der Waals surface area contributed by atoms with Gasteiger partial charge in [0.25, 0.3) is 0 Å². The molecule has 2 rings (SSSR count). The van der Waals surface area contributed by atoms with Gasteiger partial charge >= 0.3 is 0 Å². The minimum Gasteiger partial charge on any atom is -0.494 e. The van der Waals surface area contributed by atoms with E-state index in [-0.39, 0.29) is 23.7 Å². The van der Waals surface area contributed by atoms with Gasteiger partial charge in [-0.3, -0.25) is 0 Å². The van der Waals surface area contributed by atoms with Crippen molar-refractivity contribution in [3.8, 4) is 5.75 Å². The number of benzene rings is 1. The summed E-state index contributed by atoms with van der Waals surface area (Å²) in [6.45, 7) is 3.68. The van der Waals surface area contributed by atoms with Gasteiger partial charge in [-0.15, -0.1) is 0 Å². The molecule has 106 valence electrons. The van der Waals surface area contributed by atoms with Gasteiger partial charge in [0, 0.05) is 6.61 Å². The van der Waals surface area contributed by atoms with Crippen LogP contribution in [0, 0.1) is 5.82 Å². The second-order valence-corrected chi connectivity index (χ2v) is 4.83. The predicted octanol–water partition coefficient (Wildman–Crippen LogP) is 3.05. The van der Waals surface area contributed by atoms with Crippen LogP contribution in [0.25, 0.3) is 0 Å². The number of hydrogen-bond acceptors (Lipinski definition) is 3. The second-order valence-electron chi connectivity index (χ2n) is 4.83. The van der Waals surface area contributed by atoms with Crippen LogP contribution in [-0.2, 0) is 4.74 Å². The molecule has 1 aromatic rings. The molecule has 2 unspecified atom stereocenters. The van der Waals surface area contributed by atoms with Crippen molar-refractivity contribution in [2.24, 2.45) is 0 Å². The van der Waals surface area contributed by atoms with Gasteiger partial charge in [-0.1, -0.05) is 13.0 Å². The SMILES string of the molecule is CCNC(c1ccc(OC)c(F)c1)C1CCCCO1. The van der Waals surface area contributed by atoms with E-state index in [0.29, 0.717) is 0 Å². The Balaban J connectivity index is 2.19. The molecule has 2 atom stereocenters. The van der Waals surface area contributed by atoms with Gasteiger partial charge in [-0.2, -0.15) is 0 Å². The fraction of sp³-hybridized carbons (Fsp3) is 0.600. The molecule has 1 saturated heterocycles. The van der Waals surface area contributed by atoms with Crippen LogP contribution >= 0.6 is 0 Å². The topological polar surface area (TPSA) is 30.5 Å². The Morgan fingerprint density at radius 2 is 2.32 bits per heavy atom. The Morgan fingerprint density at radius 1 is 1.47 bits per heavy atom. The number of hydrogen-bond donors (Lipinski definition) is 1. The van der Waals surface area contributed by atoms with Crippen molar-refractivity contribution in [1.82, 2.24) is 5.32 Å². The Bertz CT molecular complexity index is 405. The quantitative estimate of drug-likeness (QED) is 0.889. The summed E-state index contributed by atoms with van der Waals surface area (Å²) in [5.74, 6) is -0.0396. The van der Waals surface area contributed by atoms with E-state index in [2.05, 4.69) is 12.2 Å². The van der Waals surface area contributed by atoms with Crippen molar-refractivity contribution in [2.75, 3.05) is 20.3 Å². The molecule has 1 fully saturated rings. The first-order chi connectivity index (χ1) is 9.26. The maximum atomic E-state index is 13.8. The summed E-state index contributed by atoms with van der Waals surface area (Å²) in [5.41, 5.74) is 0.923. The lowest BCUT2D eigenvalue weighted by molar-refractivity contribution is -0.00792. The van der Waals surface area contributed by atoms with Gasteiger partial charge in [-0.25, -0.2) is 4.39 Å². The number of rotatable bonds is 5. The van der Waals surface area contributed by atoms with Crippen LogP contribution in [0.15, 0.2) is 18.2 Å². The van der Waals surface area contributed by atoms with E-state index in [0.717, 1.165) is 31.6 Å². The van der Waals surface area contributed by atoms with Crippen molar-refractivity contribution in [3.05, 3.63) is 29.6 Å². The zero-order valence-corrected chi connectivity index (χ0v) is 11.6. The van der Waals surface area contributed by atoms with E-state index in [1.165, 1.54) is 13.5 Å². The van der Waals surface area contributed by atoms with E-state index in [4.69, 9.17) is 9.47 Å². The minimum absolute atomic E-state index is 0.0470. The molecule has 1 aliphatic heterocycles. The zero-order valence-electron chi connectivity index (χ0n) is 11.6. The molecule has 0 radical (unpaired) electrons. The summed E-state index contributed by atoms with van der Waals surface area (Å²) in [7, 11) is 1.48. The van der Waals surface area contributed by atoms with Crippen LogP contribution in [0.3, 0.4) is 0 Å². The molecule has 1 heterocycles. The third-order valence-corrected chi connectivity index (χ3v) is 3.55. The van der Waals surface area contributed by atoms with E-state index >= 15 is 0 Å². The molecule has 0 aromatic heterocycles. The van der Waals surface area contributed by atoms with Crippen LogP contribution in [-0.4, -0.2) is 26.4 Å². The number of halogens is 1. The van der Waals surface area contributed by atoms with Crippen LogP contribution in [0.5, 0.6) is 5.75 Å². The number of likely N-dealkylation sites (N-methyl/N-ethyl adjacent to an activating group) is 1. The Labute approximate surface area is 114 Å². The highest BCUT2D eigenvalue weighted by Gasteiger charge is 2.25. The lowest BCUT2D eigenvalue weighted by Crippen LogP contribution is -2.36. The van der Waals surface area contributed by atoms with E-state index in [1.807, 2.05) is 6.07 Å². The first-order valence-electron chi connectivity index (χ1n) is 6.94. The van der Waals surface area contributed by atoms with Crippen LogP contribution in [0.1, 0.15) is 37.8 Å². The van der Waals surface area contributed by atoms with E-state index < -0.39 is 0 Å². The van der Waals surface area contributed by atoms with Gasteiger partial charge in [0.2, 0.25) is 0 Å². The first kappa shape index (κ1) is 14.3. The van der Waals surface area contributed by atoms with Gasteiger partial charge < -0.3 is 14.8 Å². The maximum Gasteiger partial charge on any atom is 0.165 e. The largest absolute Gasteiger partial charge is 0.494 e. The molecular formula is C15H22FNO2. The third-order valence-electron chi connectivity index (χ3n) is 3.55. The maximum absolute atomic E-state index is 13.8. The Morgan fingerprint density at radius 3 is 2.89 bits per heavy atom. The molecule has 19 heavy (non-hydrogen) atoms. The van der Waals surface area contributed by atoms with Crippen molar-refractivity contribution in [1.29, 1.82) is 0 Å². The highest BCUT2D eigenvalue weighted by Crippen LogP contribution is 2.29. The molecule has 0 spiro atoms. The normalized spacial score (nSPS) is 21.1. The van der Waals surface area contributed by atoms with Gasteiger partial charge in [0.05, 0.1) is 19.3 Å². The van der Waals surface area contributed by atoms with Gasteiger partial charge in [-0.05, 0) is 43.5 Å². The molecule has 0 amide bonds. The third kappa shape index (κ3) is 3.45. The zero-order chi connectivity index (χ0) is 13.7. The van der Waals surface area contributed by atoms with Crippen LogP contribution in [0.4, 0.5) is 4.39 Å². The highest BCUT2D eigenvalue weighted by molar-refractivity contribution is 5.31. The molecule has 3 nitrogen and oxygen atoms in total. The van der Waals surface area contributed by atoms with Crippen LogP contribution in [0.2, 0.25) is 0 Å². The lowest BCUT2D eigenvalue weighted by Gasteiger charge is -2.31. The molecule has 1 aliphatic rings. The smallest absolute Gasteiger partial charge is 0.165 e. The molecule has 0 aliphatic carbocycles. The summed E-state index contributed by atoms with van der Waals surface area (Å²) in [6, 6.07) is 5.18. The second kappa shape index (κ2) is 6.87. The molecule has 1 N–H and O–H groups in total. The fourth-order valence-corrected chi connectivity index (χ4v) is 2.59. The number of ether oxygens (including phenoxy) is 2. The van der Waals surface area contributed by atoms with Crippen molar-refractivity contribution >= 4 is 0 Å². The Kier molecular flexibility index (Phi) is 5.16. The monoisotopic (exact) mass is 267 g/mol. The summed E-state index contributed by atoms with van der Waals surface area (Å²) in [5, 5.41) is 3.40. The molecule has 0 bridgehead atoms. The summed E-state index contributed by atoms with van der Waals surface area (Å²) < 4.78 is 24.6. The van der Waals surface area contributed by atoms with Crippen molar-refractivity contribution in [2.45, 2.75) is 38.3 Å². The molecule has 4 heteroatoms. The van der Waals surface area contributed by atoms with E-state index in [9.17, 15) is 4.39 Å². The average Bonchev–Trinajstić information content (AvgIpc) is 2.45. The summed E-state index contributed by atoms with van der Waals surface area (Å²) in [6.07, 6.45) is 3.43. The minimum atomic E-state index is -0.321. The van der Waals surface area contributed by atoms with Crippen molar-refractivity contribution < 1.29 is 13.9 Å². The number of nitrogens with one attached hydrogen (secondary N) is 1. The lowest BCUT2D eigenvalue weighted by atomic mass is 9.95. The average molecular weight is 267 g/mol. The Hall–Kier alpha value is -1.13. The summed E-state index contributed by atoms with van der Waals surface area (Å²) >= 11 is 0. The molecule has 0 saturated carbocycles. The molecular weight excluding hydrogens is 245 g/mol. The van der Waals surface area contributed by atoms with Gasteiger partial charge in [0.1, 0.15) is 0 Å². The highest BCUT2D eigenvalue weighted by atomic mass is 19.1. The van der Waals surface area contributed by atoms with Crippen LogP contribution < -0.4 is 10.1 Å². The summed E-state index contributed by atoms with van der Waals surface area (Å²) in [4.78, 5) is 0. The fourth-order valence-electron chi connectivity index (χ4n) is 2.59. The standard InChI is InChI=1S/C15H22FNO2/c1-3-17-15(14-6-4-5-9-19-14)11-7-8-13(18-2)12(16)10-11/h7-8,10,14-15,17H,3-6,9H2,1-2H3. The van der Waals surface area contributed by atoms with Crippen molar-refractivity contribution in [3.63, 3.8) is 0 Å². The first-order valence-corrected chi connectivity index (χ1v) is 6.94. The van der Waals surface area contributed by atoms with E-state index in [1.54, 1.807) is 12.1 Å². The molecule has 1 aromatic carbocycles. The van der Waals surface area contributed by atoms with Gasteiger partial charge in [0.15, 0.2) is 11.6 Å².